The van der Waals surface area contributed by atoms with Crippen molar-refractivity contribution in [3.05, 3.63) is 0 Å². The average Bonchev–Trinajstić information content (AvgIpc) is 2.38. The van der Waals surface area contributed by atoms with Gasteiger partial charge >= 0.3 is 7.82 Å². The Kier molecular flexibility index (Phi) is 2.87. The highest BCUT2D eigenvalue weighted by molar-refractivity contribution is 7.48. The Balaban J connectivity index is 1.78. The number of nitrogens with one attached hydrogen (secondary N) is 1. The number of fused-ring (bicyclic) bond motifs is 3. The number of nitrogens with two attached hydrogens (primary N) is 2. The molecule has 0 radical (unpaired) electrons. The fourth-order valence-electron chi connectivity index (χ4n) is 1.74. The van der Waals surface area contributed by atoms with Crippen LogP contribution in [-0.4, -0.2) is 40.7 Å². The zero-order valence-corrected chi connectivity index (χ0v) is 11.0. The van der Waals surface area contributed by atoms with Crippen LogP contribution >= 0.6 is 7.82 Å². The Bertz CT molecular complexity index is 572. The lowest BCUT2D eigenvalue weighted by Crippen LogP contribution is -2.52. The standard InChI is InChI=1S/C8H11N6O5P/c9-5-12-6(10)14-7(13-5)11-4(15)8-1-17-20(16,18-2-8)19-3-8/h1-3H2,(H5,9,10,11,12,13,14,15). The van der Waals surface area contributed by atoms with Crippen molar-refractivity contribution in [3.63, 3.8) is 0 Å². The number of hydrogen-bond donors (Lipinski definition) is 3. The molecule has 0 spiro atoms. The smallest absolute Gasteiger partial charge is 0.368 e. The van der Waals surface area contributed by atoms with Gasteiger partial charge in [-0.2, -0.15) is 15.0 Å². The van der Waals surface area contributed by atoms with Crippen LogP contribution in [0, 0.1) is 5.41 Å². The van der Waals surface area contributed by atoms with Gasteiger partial charge in [0.1, 0.15) is 5.41 Å². The van der Waals surface area contributed by atoms with Crippen molar-refractivity contribution in [1.82, 2.24) is 15.0 Å². The highest BCUT2D eigenvalue weighted by atomic mass is 31.2. The summed E-state index contributed by atoms with van der Waals surface area (Å²) < 4.78 is 26.4. The van der Waals surface area contributed by atoms with Crippen LogP contribution in [-0.2, 0) is 22.9 Å². The summed E-state index contributed by atoms with van der Waals surface area (Å²) in [5.74, 6) is -0.834. The van der Waals surface area contributed by atoms with E-state index in [2.05, 4.69) is 20.3 Å². The van der Waals surface area contributed by atoms with Gasteiger partial charge in [-0.15, -0.1) is 0 Å². The van der Waals surface area contributed by atoms with E-state index in [0.29, 0.717) is 0 Å². The maximum absolute atomic E-state index is 12.2. The first-order valence-corrected chi connectivity index (χ1v) is 6.99. The lowest BCUT2D eigenvalue weighted by Gasteiger charge is -2.42. The van der Waals surface area contributed by atoms with Crippen LogP contribution in [0.3, 0.4) is 0 Å². The number of hydrogen-bond acceptors (Lipinski definition) is 10. The molecule has 1 aromatic rings. The Hall–Kier alpha value is -1.81. The van der Waals surface area contributed by atoms with E-state index in [4.69, 9.17) is 25.0 Å². The predicted molar refractivity (Wildman–Crippen MR) is 65.2 cm³/mol. The number of nitrogens with zero attached hydrogens (tertiary/aromatic N) is 3. The van der Waals surface area contributed by atoms with Gasteiger partial charge in [-0.05, 0) is 0 Å². The summed E-state index contributed by atoms with van der Waals surface area (Å²) >= 11 is 0. The number of amides is 1. The quantitative estimate of drug-likeness (QED) is 0.585. The second kappa shape index (κ2) is 4.35. The first-order chi connectivity index (χ1) is 9.41. The van der Waals surface area contributed by atoms with E-state index in [1.807, 2.05) is 0 Å². The van der Waals surface area contributed by atoms with Crippen LogP contribution in [0.25, 0.3) is 0 Å². The second-order valence-corrected chi connectivity index (χ2v) is 6.05. The van der Waals surface area contributed by atoms with E-state index in [1.165, 1.54) is 0 Å². The van der Waals surface area contributed by atoms with Crippen molar-refractivity contribution in [1.29, 1.82) is 0 Å². The molecule has 12 heteroatoms. The molecule has 3 aliphatic rings. The number of nitrogen functional groups attached to an aromatic ring is 2. The van der Waals surface area contributed by atoms with Crippen molar-refractivity contribution in [2.75, 3.05) is 36.6 Å². The average molecular weight is 302 g/mol. The molecular formula is C8H11N6O5P. The maximum atomic E-state index is 12.2. The number of aromatic nitrogens is 3. The zero-order chi connectivity index (χ0) is 14.4. The van der Waals surface area contributed by atoms with E-state index >= 15 is 0 Å². The summed E-state index contributed by atoms with van der Waals surface area (Å²) in [4.78, 5) is 23.3. The normalized spacial score (nSPS) is 32.0. The van der Waals surface area contributed by atoms with Gasteiger partial charge in [-0.1, -0.05) is 0 Å². The van der Waals surface area contributed by atoms with E-state index in [-0.39, 0.29) is 37.7 Å². The van der Waals surface area contributed by atoms with Crippen LogP contribution in [0.5, 0.6) is 0 Å². The molecule has 4 rings (SSSR count). The minimum absolute atomic E-state index is 0.0772. The highest BCUT2D eigenvalue weighted by Gasteiger charge is 2.55. The number of carbonyl (C=O) groups is 1. The van der Waals surface area contributed by atoms with Gasteiger partial charge in [0.2, 0.25) is 23.8 Å². The third-order valence-electron chi connectivity index (χ3n) is 2.87. The summed E-state index contributed by atoms with van der Waals surface area (Å²) in [5.41, 5.74) is 9.69. The molecule has 0 saturated carbocycles. The number of anilines is 3. The fourth-order valence-corrected chi connectivity index (χ4v) is 3.18. The van der Waals surface area contributed by atoms with E-state index < -0.39 is 19.1 Å². The van der Waals surface area contributed by atoms with Gasteiger partial charge in [0, 0.05) is 0 Å². The van der Waals surface area contributed by atoms with E-state index in [0.717, 1.165) is 0 Å². The summed E-state index contributed by atoms with van der Waals surface area (Å²) in [7, 11) is -3.47. The van der Waals surface area contributed by atoms with Crippen LogP contribution in [0.2, 0.25) is 0 Å². The summed E-state index contributed by atoms with van der Waals surface area (Å²) in [6.45, 7) is -0.232. The van der Waals surface area contributed by atoms with Gasteiger partial charge in [0.15, 0.2) is 0 Å². The molecule has 0 unspecified atom stereocenters. The molecule has 0 aromatic carbocycles. The Morgan fingerprint density at radius 1 is 1.10 bits per heavy atom. The molecule has 5 N–H and O–H groups in total. The number of phosphoric acid groups is 1. The minimum atomic E-state index is -3.47. The largest absolute Gasteiger partial charge is 0.474 e. The molecule has 4 heterocycles. The highest BCUT2D eigenvalue weighted by Crippen LogP contribution is 2.60. The molecule has 3 aliphatic heterocycles. The first-order valence-electron chi connectivity index (χ1n) is 5.53. The van der Waals surface area contributed by atoms with Gasteiger partial charge in [0.25, 0.3) is 0 Å². The van der Waals surface area contributed by atoms with Crippen molar-refractivity contribution in [3.8, 4) is 0 Å². The monoisotopic (exact) mass is 302 g/mol. The van der Waals surface area contributed by atoms with Crippen molar-refractivity contribution in [2.45, 2.75) is 0 Å². The Morgan fingerprint density at radius 2 is 1.60 bits per heavy atom. The zero-order valence-electron chi connectivity index (χ0n) is 10.1. The Morgan fingerprint density at radius 3 is 2.10 bits per heavy atom. The van der Waals surface area contributed by atoms with Gasteiger partial charge in [-0.25, -0.2) is 4.57 Å². The molecule has 0 atom stereocenters. The number of phosphoric ester groups is 1. The SMILES string of the molecule is Nc1nc(N)nc(NC(=O)C23COP(=O)(OC2)OC3)n1. The van der Waals surface area contributed by atoms with Gasteiger partial charge in [0.05, 0.1) is 19.8 Å². The van der Waals surface area contributed by atoms with Crippen LogP contribution in [0.4, 0.5) is 17.8 Å². The van der Waals surface area contributed by atoms with Crippen molar-refractivity contribution in [2.24, 2.45) is 5.41 Å². The van der Waals surface area contributed by atoms with Gasteiger partial charge in [-0.3, -0.25) is 23.7 Å². The summed E-state index contributed by atoms with van der Waals surface area (Å²) in [6, 6.07) is 0. The molecule has 11 nitrogen and oxygen atoms in total. The molecule has 108 valence electrons. The Labute approximate surface area is 112 Å². The summed E-state index contributed by atoms with van der Waals surface area (Å²) in [6.07, 6.45) is 0. The van der Waals surface area contributed by atoms with Gasteiger partial charge < -0.3 is 11.5 Å². The number of rotatable bonds is 2. The minimum Gasteiger partial charge on any atom is -0.368 e. The van der Waals surface area contributed by atoms with E-state index in [9.17, 15) is 9.36 Å². The predicted octanol–water partition coefficient (Wildman–Crippen LogP) is -0.854. The van der Waals surface area contributed by atoms with E-state index in [1.54, 1.807) is 0 Å². The molecular weight excluding hydrogens is 291 g/mol. The first kappa shape index (κ1) is 13.2. The molecule has 3 fully saturated rings. The van der Waals surface area contributed by atoms with Crippen LogP contribution in [0.15, 0.2) is 0 Å². The number of carbonyl (C=O) groups excluding carboxylic acids is 1. The second-order valence-electron chi connectivity index (χ2n) is 4.38. The van der Waals surface area contributed by atoms with Crippen LogP contribution in [0.1, 0.15) is 0 Å². The topological polar surface area (TPSA) is 165 Å². The third-order valence-corrected chi connectivity index (χ3v) is 4.21. The summed E-state index contributed by atoms with van der Waals surface area (Å²) in [5, 5.41) is 2.43. The maximum Gasteiger partial charge on any atom is 0.474 e. The fraction of sp³-hybridized carbons (Fsp3) is 0.500. The molecule has 3 saturated heterocycles. The molecule has 20 heavy (non-hydrogen) atoms. The molecule has 2 bridgehead atoms. The molecule has 1 aromatic heterocycles. The lowest BCUT2D eigenvalue weighted by molar-refractivity contribution is -0.146. The molecule has 1 amide bonds. The van der Waals surface area contributed by atoms with Crippen molar-refractivity contribution >= 4 is 31.6 Å². The van der Waals surface area contributed by atoms with Crippen molar-refractivity contribution < 1.29 is 22.9 Å². The van der Waals surface area contributed by atoms with Crippen LogP contribution < -0.4 is 16.8 Å². The molecule has 0 aliphatic carbocycles. The lowest BCUT2D eigenvalue weighted by atomic mass is 9.90. The third kappa shape index (κ3) is 2.20.